The minimum absolute atomic E-state index is 0.0983. The van der Waals surface area contributed by atoms with Crippen molar-refractivity contribution >= 4 is 27.8 Å². The summed E-state index contributed by atoms with van der Waals surface area (Å²) in [6.45, 7) is 2.43. The number of benzene rings is 3. The van der Waals surface area contributed by atoms with Crippen LogP contribution in [-0.4, -0.2) is 41.1 Å². The number of carboxylic acids is 1. The van der Waals surface area contributed by atoms with Crippen LogP contribution in [0.1, 0.15) is 40.4 Å². The molecule has 4 rings (SSSR count). The van der Waals surface area contributed by atoms with E-state index in [0.29, 0.717) is 17.7 Å². The van der Waals surface area contributed by atoms with Gasteiger partial charge in [0.05, 0.1) is 13.5 Å². The van der Waals surface area contributed by atoms with Crippen molar-refractivity contribution in [3.63, 3.8) is 0 Å². The predicted molar refractivity (Wildman–Crippen MR) is 137 cm³/mol. The van der Waals surface area contributed by atoms with E-state index in [1.54, 1.807) is 18.1 Å². The molecule has 3 aromatic carbocycles. The maximum Gasteiger partial charge on any atom is 0.305 e. The van der Waals surface area contributed by atoms with Crippen LogP contribution in [0, 0.1) is 0 Å². The van der Waals surface area contributed by atoms with Crippen LogP contribution in [0.5, 0.6) is 11.5 Å². The van der Waals surface area contributed by atoms with Crippen LogP contribution >= 0.6 is 15.9 Å². The molecule has 1 aliphatic heterocycles. The van der Waals surface area contributed by atoms with Crippen LogP contribution in [0.3, 0.4) is 0 Å². The maximum atomic E-state index is 13.5. The zero-order valence-corrected chi connectivity index (χ0v) is 21.4. The first-order valence-corrected chi connectivity index (χ1v) is 12.2. The molecule has 0 fully saturated rings. The van der Waals surface area contributed by atoms with E-state index in [1.165, 1.54) is 5.56 Å². The van der Waals surface area contributed by atoms with Crippen molar-refractivity contribution in [1.29, 1.82) is 0 Å². The molecule has 1 aliphatic rings. The second-order valence-electron chi connectivity index (χ2n) is 9.04. The summed E-state index contributed by atoms with van der Waals surface area (Å²) in [5.41, 5.74) is 3.08. The minimum atomic E-state index is -0.950. The van der Waals surface area contributed by atoms with Gasteiger partial charge in [-0.25, -0.2) is 0 Å². The van der Waals surface area contributed by atoms with Crippen LogP contribution in [0.25, 0.3) is 0 Å². The molecule has 35 heavy (non-hydrogen) atoms. The Balaban J connectivity index is 1.54. The van der Waals surface area contributed by atoms with Crippen LogP contribution in [-0.2, 0) is 24.2 Å². The number of hydrogen-bond acceptors (Lipinski definition) is 4. The largest absolute Gasteiger partial charge is 0.496 e. The van der Waals surface area contributed by atoms with E-state index in [2.05, 4.69) is 35.0 Å². The van der Waals surface area contributed by atoms with Crippen LogP contribution < -0.4 is 9.47 Å². The first kappa shape index (κ1) is 24.8. The first-order chi connectivity index (χ1) is 16.8. The Morgan fingerprint density at radius 3 is 2.57 bits per heavy atom. The summed E-state index contributed by atoms with van der Waals surface area (Å²) < 4.78 is 12.8. The lowest BCUT2D eigenvalue weighted by Gasteiger charge is -2.24. The predicted octanol–water partition coefficient (Wildman–Crippen LogP) is 5.51. The fourth-order valence-corrected chi connectivity index (χ4v) is 4.76. The van der Waals surface area contributed by atoms with Crippen molar-refractivity contribution in [2.24, 2.45) is 0 Å². The summed E-state index contributed by atoms with van der Waals surface area (Å²) in [6.07, 6.45) is 1.29. The van der Waals surface area contributed by atoms with Gasteiger partial charge in [0.2, 0.25) is 0 Å². The van der Waals surface area contributed by atoms with Gasteiger partial charge in [0.1, 0.15) is 17.1 Å². The molecule has 0 bridgehead atoms. The molecule has 0 unspecified atom stereocenters. The van der Waals surface area contributed by atoms with Gasteiger partial charge in [-0.3, -0.25) is 9.59 Å². The lowest BCUT2D eigenvalue weighted by Crippen LogP contribution is -2.33. The van der Waals surface area contributed by atoms with Crippen LogP contribution in [0.2, 0.25) is 0 Å². The number of halogens is 1. The van der Waals surface area contributed by atoms with Crippen molar-refractivity contribution < 1.29 is 24.2 Å². The molecule has 1 N–H and O–H groups in total. The summed E-state index contributed by atoms with van der Waals surface area (Å²) in [5.74, 6) is 0.269. The number of methoxy groups -OCH3 is 1. The van der Waals surface area contributed by atoms with Gasteiger partial charge in [-0.1, -0.05) is 46.3 Å². The Kier molecular flexibility index (Phi) is 7.45. The highest BCUT2D eigenvalue weighted by Crippen LogP contribution is 2.38. The van der Waals surface area contributed by atoms with E-state index < -0.39 is 11.6 Å². The van der Waals surface area contributed by atoms with Crippen LogP contribution in [0.4, 0.5) is 0 Å². The fraction of sp³-hybridized carbons (Fsp3) is 0.286. The Hall–Kier alpha value is -3.32. The monoisotopic (exact) mass is 537 g/mol. The minimum Gasteiger partial charge on any atom is -0.496 e. The number of carboxylic acid groups (broad SMARTS) is 1. The molecule has 1 atom stereocenters. The Bertz CT molecular complexity index is 1230. The fourth-order valence-electron chi connectivity index (χ4n) is 4.49. The molecular formula is C28H28BrNO5. The summed E-state index contributed by atoms with van der Waals surface area (Å²) >= 11 is 3.47. The average molecular weight is 538 g/mol. The van der Waals surface area contributed by atoms with Crippen molar-refractivity contribution in [2.75, 3.05) is 13.7 Å². The third-order valence-corrected chi connectivity index (χ3v) is 6.68. The number of fused-ring (bicyclic) bond motifs is 1. The summed E-state index contributed by atoms with van der Waals surface area (Å²) in [4.78, 5) is 26.3. The highest BCUT2D eigenvalue weighted by Gasteiger charge is 2.35. The molecule has 0 radical (unpaired) electrons. The van der Waals surface area contributed by atoms with E-state index in [-0.39, 0.29) is 25.4 Å². The lowest BCUT2D eigenvalue weighted by molar-refractivity contribution is -0.137. The van der Waals surface area contributed by atoms with E-state index in [4.69, 9.17) is 9.47 Å². The quantitative estimate of drug-likeness (QED) is 0.389. The van der Waals surface area contributed by atoms with E-state index in [1.807, 2.05) is 48.5 Å². The number of para-hydroxylation sites is 1. The molecule has 3 aromatic rings. The maximum absolute atomic E-state index is 13.5. The van der Waals surface area contributed by atoms with Gasteiger partial charge in [-0.2, -0.15) is 0 Å². The lowest BCUT2D eigenvalue weighted by atomic mass is 9.91. The van der Waals surface area contributed by atoms with Gasteiger partial charge in [-0.05, 0) is 54.4 Å². The molecule has 0 spiro atoms. The number of aliphatic carboxylic acids is 1. The van der Waals surface area contributed by atoms with Crippen LogP contribution in [0.15, 0.2) is 71.2 Å². The molecular weight excluding hydrogens is 510 g/mol. The number of rotatable bonds is 9. The third kappa shape index (κ3) is 6.03. The highest BCUT2D eigenvalue weighted by molar-refractivity contribution is 9.10. The van der Waals surface area contributed by atoms with Gasteiger partial charge in [-0.15, -0.1) is 0 Å². The third-order valence-electron chi connectivity index (χ3n) is 6.16. The normalized spacial score (nSPS) is 16.3. The van der Waals surface area contributed by atoms with Gasteiger partial charge in [0.25, 0.3) is 5.91 Å². The van der Waals surface area contributed by atoms with Gasteiger partial charge >= 0.3 is 5.97 Å². The van der Waals surface area contributed by atoms with Gasteiger partial charge < -0.3 is 19.5 Å². The van der Waals surface area contributed by atoms with Gasteiger partial charge in [0, 0.05) is 41.5 Å². The van der Waals surface area contributed by atoms with E-state index >= 15 is 0 Å². The second kappa shape index (κ2) is 10.5. The second-order valence-corrected chi connectivity index (χ2v) is 9.95. The molecule has 6 nitrogen and oxygen atoms in total. The Morgan fingerprint density at radius 1 is 1.11 bits per heavy atom. The SMILES string of the molecule is COc1ccccc1CN(CCC(=O)O)C(=O)c1ccc2c(c1)C[C@@](C)(Cc1ccc(Br)cc1)O2. The number of ether oxygens (including phenoxy) is 2. The summed E-state index contributed by atoms with van der Waals surface area (Å²) in [7, 11) is 1.58. The molecule has 1 amide bonds. The Morgan fingerprint density at radius 2 is 1.86 bits per heavy atom. The topological polar surface area (TPSA) is 76.1 Å². The average Bonchev–Trinajstić information content (AvgIpc) is 3.17. The van der Waals surface area contributed by atoms with Gasteiger partial charge in [0.15, 0.2) is 0 Å². The van der Waals surface area contributed by atoms with E-state index in [9.17, 15) is 14.7 Å². The molecule has 0 aromatic heterocycles. The zero-order valence-electron chi connectivity index (χ0n) is 19.8. The molecule has 7 heteroatoms. The Labute approximate surface area is 213 Å². The smallest absolute Gasteiger partial charge is 0.305 e. The number of hydrogen-bond donors (Lipinski definition) is 1. The number of carbonyl (C=O) groups is 2. The molecule has 0 saturated carbocycles. The number of nitrogens with zero attached hydrogens (tertiary/aromatic N) is 1. The van der Waals surface area contributed by atoms with Crippen molar-refractivity contribution in [1.82, 2.24) is 4.90 Å². The zero-order chi connectivity index (χ0) is 25.0. The first-order valence-electron chi connectivity index (χ1n) is 11.5. The number of carbonyl (C=O) groups excluding carboxylic acids is 1. The summed E-state index contributed by atoms with van der Waals surface area (Å²) in [5, 5.41) is 9.22. The van der Waals surface area contributed by atoms with Crippen molar-refractivity contribution in [3.05, 3.63) is 93.5 Å². The van der Waals surface area contributed by atoms with Crippen molar-refractivity contribution in [3.8, 4) is 11.5 Å². The molecule has 182 valence electrons. The summed E-state index contributed by atoms with van der Waals surface area (Å²) in [6, 6.07) is 21.1. The standard InChI is InChI=1S/C28H28BrNO5/c1-28(16-19-7-10-23(29)11-8-19)17-22-15-20(9-12-25(22)35-28)27(33)30(14-13-26(31)32)18-21-5-3-4-6-24(21)34-2/h3-12,15H,13-14,16-18H2,1-2H3,(H,31,32)/t28-/m1/s1. The molecule has 0 saturated heterocycles. The van der Waals surface area contributed by atoms with Crippen molar-refractivity contribution in [2.45, 2.75) is 38.3 Å². The number of amides is 1. The molecule has 0 aliphatic carbocycles. The molecule has 1 heterocycles. The van der Waals surface area contributed by atoms with E-state index in [0.717, 1.165) is 27.8 Å². The highest BCUT2D eigenvalue weighted by atomic mass is 79.9.